The van der Waals surface area contributed by atoms with E-state index in [1.807, 2.05) is 0 Å². The predicted molar refractivity (Wildman–Crippen MR) is 168 cm³/mol. The number of sulfonamides is 1. The van der Waals surface area contributed by atoms with Crippen LogP contribution in [-0.4, -0.2) is 59.5 Å². The number of nitrogens with zero attached hydrogens (tertiary/aromatic N) is 2. The maximum atomic E-state index is 14.2. The van der Waals surface area contributed by atoms with Crippen molar-refractivity contribution < 1.29 is 27.9 Å². The molecule has 1 aliphatic carbocycles. The van der Waals surface area contributed by atoms with Crippen LogP contribution in [0.3, 0.4) is 0 Å². The summed E-state index contributed by atoms with van der Waals surface area (Å²) in [6.45, 7) is -1.06. The monoisotopic (exact) mass is 626 g/mol. The first-order valence-electron chi connectivity index (χ1n) is 13.9. The van der Waals surface area contributed by atoms with E-state index < -0.39 is 35.0 Å². The number of nitrogen functional groups attached to an aromatic ring is 1. The van der Waals surface area contributed by atoms with Crippen molar-refractivity contribution in [3.8, 4) is 0 Å². The van der Waals surface area contributed by atoms with E-state index in [4.69, 9.17) is 16.2 Å². The molecule has 1 aliphatic rings. The highest BCUT2D eigenvalue weighted by atomic mass is 32.2. The maximum absolute atomic E-state index is 14.2. The van der Waals surface area contributed by atoms with Crippen LogP contribution in [0, 0.1) is 5.41 Å². The van der Waals surface area contributed by atoms with E-state index in [0.29, 0.717) is 34.2 Å². The summed E-state index contributed by atoms with van der Waals surface area (Å²) < 4.78 is 29.3. The summed E-state index contributed by atoms with van der Waals surface area (Å²) in [5.41, 5.74) is 9.25. The number of benzene rings is 3. The fraction of sp³-hybridized carbons (Fsp3) is 0.156. The van der Waals surface area contributed by atoms with Gasteiger partial charge < -0.3 is 21.5 Å². The minimum atomic E-state index is -4.34. The van der Waals surface area contributed by atoms with Crippen molar-refractivity contribution in [1.29, 1.82) is 5.41 Å². The number of rotatable bonds is 11. The zero-order valence-electron chi connectivity index (χ0n) is 24.0. The van der Waals surface area contributed by atoms with E-state index in [1.54, 1.807) is 72.8 Å². The highest BCUT2D eigenvalue weighted by molar-refractivity contribution is 7.89. The smallest absolute Gasteiger partial charge is 0.322 e. The predicted octanol–water partition coefficient (Wildman–Crippen LogP) is 2.63. The number of aliphatic carboxylic acids is 1. The number of carbonyl (C=O) groups is 3. The molecule has 0 spiro atoms. The van der Waals surface area contributed by atoms with E-state index >= 15 is 0 Å². The highest BCUT2D eigenvalue weighted by Crippen LogP contribution is 2.33. The Morgan fingerprint density at radius 3 is 2.42 bits per heavy atom. The zero-order valence-corrected chi connectivity index (χ0v) is 24.8. The number of hydrogen-bond donors (Lipinski definition) is 5. The minimum Gasteiger partial charge on any atom is -0.480 e. The second-order valence-electron chi connectivity index (χ2n) is 10.3. The molecule has 45 heavy (non-hydrogen) atoms. The average molecular weight is 627 g/mol. The third-order valence-corrected chi connectivity index (χ3v) is 9.17. The fourth-order valence-corrected chi connectivity index (χ4v) is 6.76. The molecule has 0 fully saturated rings. The summed E-state index contributed by atoms with van der Waals surface area (Å²) in [4.78, 5) is 41.2. The first-order chi connectivity index (χ1) is 21.5. The Balaban J connectivity index is 1.46. The number of carboxylic acid groups (broad SMARTS) is 1. The molecule has 3 aromatic carbocycles. The normalized spacial score (nSPS) is 12.5. The quantitative estimate of drug-likeness (QED) is 0.124. The number of amides is 2. The van der Waals surface area contributed by atoms with Gasteiger partial charge in [-0.05, 0) is 53.8 Å². The van der Waals surface area contributed by atoms with Gasteiger partial charge in [0.1, 0.15) is 23.8 Å². The number of hydrogen-bond acceptors (Lipinski definition) is 7. The summed E-state index contributed by atoms with van der Waals surface area (Å²) in [6, 6.07) is 20.3. The molecule has 0 aliphatic heterocycles. The number of pyridine rings is 1. The first kappa shape index (κ1) is 30.9. The summed E-state index contributed by atoms with van der Waals surface area (Å²) in [5, 5.41) is 22.3. The molecule has 0 bridgehead atoms. The van der Waals surface area contributed by atoms with Crippen molar-refractivity contribution in [3.05, 3.63) is 113 Å². The molecular weight excluding hydrogens is 596 g/mol. The Hall–Kier alpha value is -5.56. The van der Waals surface area contributed by atoms with Crippen LogP contribution in [-0.2, 0) is 32.6 Å². The molecule has 0 saturated carbocycles. The van der Waals surface area contributed by atoms with E-state index in [-0.39, 0.29) is 35.1 Å². The van der Waals surface area contributed by atoms with Crippen LogP contribution < -0.4 is 16.4 Å². The second-order valence-corrected chi connectivity index (χ2v) is 12.1. The van der Waals surface area contributed by atoms with Crippen LogP contribution in [0.25, 0.3) is 17.0 Å². The molecule has 13 heteroatoms. The zero-order chi connectivity index (χ0) is 32.1. The van der Waals surface area contributed by atoms with Crippen LogP contribution in [0.4, 0.5) is 0 Å². The number of amidine groups is 1. The van der Waals surface area contributed by atoms with Gasteiger partial charge in [-0.1, -0.05) is 54.6 Å². The number of fused-ring (bicyclic) bond motifs is 2. The van der Waals surface area contributed by atoms with Gasteiger partial charge in [0.05, 0.1) is 5.52 Å². The van der Waals surface area contributed by atoms with Gasteiger partial charge in [-0.3, -0.25) is 29.1 Å². The Morgan fingerprint density at radius 2 is 1.69 bits per heavy atom. The van der Waals surface area contributed by atoms with Gasteiger partial charge in [0.25, 0.3) is 15.9 Å². The molecule has 6 N–H and O–H groups in total. The van der Waals surface area contributed by atoms with Gasteiger partial charge in [-0.25, -0.2) is 8.42 Å². The topological polar surface area (TPSA) is 196 Å². The largest absolute Gasteiger partial charge is 0.480 e. The summed E-state index contributed by atoms with van der Waals surface area (Å²) >= 11 is 0. The Morgan fingerprint density at radius 1 is 0.956 bits per heavy atom. The third-order valence-electron chi connectivity index (χ3n) is 7.34. The third kappa shape index (κ3) is 6.83. The van der Waals surface area contributed by atoms with Crippen molar-refractivity contribution in [2.45, 2.75) is 24.3 Å². The van der Waals surface area contributed by atoms with Crippen molar-refractivity contribution in [1.82, 2.24) is 19.9 Å². The summed E-state index contributed by atoms with van der Waals surface area (Å²) in [5.74, 6) is -2.40. The molecule has 1 heterocycles. The van der Waals surface area contributed by atoms with Crippen molar-refractivity contribution in [2.24, 2.45) is 5.73 Å². The molecule has 0 atom stereocenters. The minimum absolute atomic E-state index is 0.0463. The van der Waals surface area contributed by atoms with E-state index in [2.05, 4.69) is 15.6 Å². The Kier molecular flexibility index (Phi) is 8.91. The van der Waals surface area contributed by atoms with Crippen LogP contribution in [0.2, 0.25) is 0 Å². The molecule has 2 amide bonds. The van der Waals surface area contributed by atoms with Gasteiger partial charge in [0, 0.05) is 35.0 Å². The molecule has 230 valence electrons. The van der Waals surface area contributed by atoms with Gasteiger partial charge in [-0.2, -0.15) is 0 Å². The van der Waals surface area contributed by atoms with Gasteiger partial charge in [0.2, 0.25) is 5.91 Å². The van der Waals surface area contributed by atoms with Crippen molar-refractivity contribution in [2.75, 3.05) is 13.1 Å². The standard InChI is InChI=1S/C32H30N6O6S/c33-31(34)22-11-9-20(10-12-22)17-37-32(42)26-7-1-5-23-16-24(13-14-25(23)26)38(19-28(39)36-18-29(40)41)45(43,44)27-8-2-4-21-6-3-15-35-30(21)27/h1-12,15-16H,13-14,17-19H2,(H3,33,34)(H,36,39)(H,37,42)(H,40,41). The lowest BCUT2D eigenvalue weighted by molar-refractivity contribution is -0.137. The molecule has 0 unspecified atom stereocenters. The molecule has 12 nitrogen and oxygen atoms in total. The number of aromatic nitrogens is 1. The summed E-state index contributed by atoms with van der Waals surface area (Å²) in [6.07, 6.45) is 3.62. The van der Waals surface area contributed by atoms with E-state index in [1.165, 1.54) is 12.3 Å². The number of carboxylic acids is 1. The molecular formula is C32H30N6O6S. The molecule has 1 aromatic heterocycles. The SMILES string of the molecule is N=C(N)c1ccc(CNC(=O)c2cccc3c2CCC(N(CC(=O)NCC(=O)O)S(=O)(=O)c2cccc4cccnc24)=C3)cc1. The highest BCUT2D eigenvalue weighted by Gasteiger charge is 2.32. The summed E-state index contributed by atoms with van der Waals surface area (Å²) in [7, 11) is -4.34. The van der Waals surface area contributed by atoms with Crippen molar-refractivity contribution >= 4 is 50.6 Å². The van der Waals surface area contributed by atoms with Crippen LogP contribution in [0.15, 0.2) is 89.6 Å². The lowest BCUT2D eigenvalue weighted by Crippen LogP contribution is -2.42. The Bertz CT molecular complexity index is 1950. The van der Waals surface area contributed by atoms with E-state index in [0.717, 1.165) is 15.4 Å². The maximum Gasteiger partial charge on any atom is 0.322 e. The van der Waals surface area contributed by atoms with Crippen LogP contribution >= 0.6 is 0 Å². The number of nitrogens with one attached hydrogen (secondary N) is 3. The van der Waals surface area contributed by atoms with Gasteiger partial charge in [-0.15, -0.1) is 0 Å². The lowest BCUT2D eigenvalue weighted by atomic mass is 9.90. The van der Waals surface area contributed by atoms with Crippen LogP contribution in [0.5, 0.6) is 0 Å². The number of para-hydroxylation sites is 1. The van der Waals surface area contributed by atoms with Crippen molar-refractivity contribution in [3.63, 3.8) is 0 Å². The molecule has 0 saturated heterocycles. The first-order valence-corrected chi connectivity index (χ1v) is 15.4. The van der Waals surface area contributed by atoms with Gasteiger partial charge >= 0.3 is 5.97 Å². The average Bonchev–Trinajstić information content (AvgIpc) is 3.04. The lowest BCUT2D eigenvalue weighted by Gasteiger charge is -2.30. The molecule has 0 radical (unpaired) electrons. The van der Waals surface area contributed by atoms with E-state index in [9.17, 15) is 22.8 Å². The fourth-order valence-electron chi connectivity index (χ4n) is 5.12. The van der Waals surface area contributed by atoms with Crippen LogP contribution in [0.1, 0.15) is 39.0 Å². The van der Waals surface area contributed by atoms with Gasteiger partial charge in [0.15, 0.2) is 0 Å². The molecule has 5 rings (SSSR count). The second kappa shape index (κ2) is 13.0. The number of allylic oxidation sites excluding steroid dienone is 1. The Labute approximate surface area is 259 Å². The number of carbonyl (C=O) groups excluding carboxylic acids is 2. The molecule has 4 aromatic rings. The number of nitrogens with two attached hydrogens (primary N) is 1.